The number of hydrogen-bond donors (Lipinski definition) is 1. The van der Waals surface area contributed by atoms with Gasteiger partial charge in [-0.2, -0.15) is 15.0 Å². The van der Waals surface area contributed by atoms with Crippen LogP contribution in [0.25, 0.3) is 0 Å². The Morgan fingerprint density at radius 1 is 1.12 bits per heavy atom. The Morgan fingerprint density at radius 3 is 2.24 bits per heavy atom. The Labute approximate surface area is 145 Å². The van der Waals surface area contributed by atoms with Crippen LogP contribution < -0.4 is 20.7 Å². The van der Waals surface area contributed by atoms with Gasteiger partial charge in [-0.3, -0.25) is 14.2 Å². The van der Waals surface area contributed by atoms with Gasteiger partial charge in [0.05, 0.1) is 12.9 Å². The largest absolute Gasteiger partial charge is 0.347 e. The molecule has 0 radical (unpaired) electrons. The first kappa shape index (κ1) is 18.3. The Kier molecular flexibility index (Phi) is 5.63. The van der Waals surface area contributed by atoms with Crippen molar-refractivity contribution in [1.29, 1.82) is 0 Å². The summed E-state index contributed by atoms with van der Waals surface area (Å²) in [4.78, 5) is 44.3. The zero-order valence-corrected chi connectivity index (χ0v) is 15.0. The van der Waals surface area contributed by atoms with E-state index in [1.54, 1.807) is 16.7 Å². The zero-order valence-electron chi connectivity index (χ0n) is 15.0. The van der Waals surface area contributed by atoms with E-state index in [0.717, 1.165) is 0 Å². The van der Waals surface area contributed by atoms with Crippen molar-refractivity contribution < 1.29 is 4.79 Å². The van der Waals surface area contributed by atoms with Gasteiger partial charge in [0.1, 0.15) is 6.54 Å². The van der Waals surface area contributed by atoms with Crippen molar-refractivity contribution in [2.75, 3.05) is 38.0 Å². The first-order valence-electron chi connectivity index (χ1n) is 7.65. The fourth-order valence-electron chi connectivity index (χ4n) is 1.90. The van der Waals surface area contributed by atoms with E-state index in [4.69, 9.17) is 0 Å². The highest BCUT2D eigenvalue weighted by molar-refractivity contribution is 5.75. The third-order valence-corrected chi connectivity index (χ3v) is 3.23. The first-order chi connectivity index (χ1) is 11.8. The van der Waals surface area contributed by atoms with Crippen LogP contribution in [0.3, 0.4) is 0 Å². The minimum atomic E-state index is -0.328. The van der Waals surface area contributed by atoms with E-state index in [0.29, 0.717) is 23.4 Å². The van der Waals surface area contributed by atoms with Crippen LogP contribution in [-0.4, -0.2) is 58.6 Å². The summed E-state index contributed by atoms with van der Waals surface area (Å²) in [7, 11) is 7.31. The lowest BCUT2D eigenvalue weighted by Gasteiger charge is -2.16. The van der Waals surface area contributed by atoms with Crippen molar-refractivity contribution in [2.45, 2.75) is 20.0 Å². The van der Waals surface area contributed by atoms with Gasteiger partial charge in [0.25, 0.3) is 5.56 Å². The molecule has 0 aliphatic carbocycles. The summed E-state index contributed by atoms with van der Waals surface area (Å²) in [5.41, 5.74) is 0.340. The van der Waals surface area contributed by atoms with Crippen molar-refractivity contribution in [3.05, 3.63) is 34.3 Å². The number of nitrogens with one attached hydrogen (secondary N) is 1. The Morgan fingerprint density at radius 2 is 1.72 bits per heavy atom. The lowest BCUT2D eigenvalue weighted by atomic mass is 10.4. The monoisotopic (exact) mass is 346 g/mol. The summed E-state index contributed by atoms with van der Waals surface area (Å²) in [5, 5.41) is 2.71. The number of anilines is 2. The van der Waals surface area contributed by atoms with E-state index in [1.807, 2.05) is 28.2 Å². The molecule has 2 aromatic rings. The molecule has 2 rings (SSSR count). The maximum atomic E-state index is 12.1. The molecule has 1 N–H and O–H groups in total. The van der Waals surface area contributed by atoms with Gasteiger partial charge >= 0.3 is 0 Å². The number of nitrogens with zero attached hydrogens (tertiary/aromatic N) is 7. The fourth-order valence-corrected chi connectivity index (χ4v) is 1.90. The molecule has 0 atom stereocenters. The SMILES string of the molecule is Cc1cc(=O)n(CC(=O)NCc2nc(N(C)C)nc(N(C)C)n2)cn1. The van der Waals surface area contributed by atoms with Gasteiger partial charge in [0.15, 0.2) is 5.82 Å². The summed E-state index contributed by atoms with van der Waals surface area (Å²) >= 11 is 0. The average Bonchev–Trinajstić information content (AvgIpc) is 2.55. The molecule has 10 heteroatoms. The Hall–Kier alpha value is -3.04. The smallest absolute Gasteiger partial charge is 0.253 e. The molecule has 0 saturated carbocycles. The number of amides is 1. The van der Waals surface area contributed by atoms with Crippen molar-refractivity contribution in [2.24, 2.45) is 0 Å². The third kappa shape index (κ3) is 4.96. The van der Waals surface area contributed by atoms with E-state index in [9.17, 15) is 9.59 Å². The second-order valence-electron chi connectivity index (χ2n) is 5.91. The quantitative estimate of drug-likeness (QED) is 0.723. The number of carbonyl (C=O) groups excluding carboxylic acids is 1. The highest BCUT2D eigenvalue weighted by atomic mass is 16.2. The minimum absolute atomic E-state index is 0.113. The van der Waals surface area contributed by atoms with Crippen LogP contribution in [0.1, 0.15) is 11.5 Å². The standard InChI is InChI=1S/C15H22N8O2/c1-10-6-13(25)23(9-17-10)8-12(24)16-7-11-18-14(21(2)3)20-15(19-11)22(4)5/h6,9H,7-8H2,1-5H3,(H,16,24). The second kappa shape index (κ2) is 7.69. The summed E-state index contributed by atoms with van der Waals surface area (Å²) in [6, 6.07) is 1.38. The molecule has 134 valence electrons. The van der Waals surface area contributed by atoms with Gasteiger partial charge in [-0.05, 0) is 6.92 Å². The molecule has 1 amide bonds. The zero-order chi connectivity index (χ0) is 18.6. The summed E-state index contributed by atoms with van der Waals surface area (Å²) in [6.45, 7) is 1.74. The van der Waals surface area contributed by atoms with Crippen LogP contribution >= 0.6 is 0 Å². The molecule has 0 spiro atoms. The van der Waals surface area contributed by atoms with Gasteiger partial charge < -0.3 is 15.1 Å². The third-order valence-electron chi connectivity index (χ3n) is 3.23. The molecule has 0 aliphatic heterocycles. The van der Waals surface area contributed by atoms with Gasteiger partial charge in [0.2, 0.25) is 17.8 Å². The first-order valence-corrected chi connectivity index (χ1v) is 7.65. The summed E-state index contributed by atoms with van der Waals surface area (Å²) < 4.78 is 1.24. The number of carbonyl (C=O) groups is 1. The number of rotatable bonds is 6. The highest BCUT2D eigenvalue weighted by Crippen LogP contribution is 2.10. The number of hydrogen-bond acceptors (Lipinski definition) is 8. The normalized spacial score (nSPS) is 10.4. The second-order valence-corrected chi connectivity index (χ2v) is 5.91. The lowest BCUT2D eigenvalue weighted by Crippen LogP contribution is -2.32. The number of aromatic nitrogens is 5. The van der Waals surface area contributed by atoms with Crippen LogP contribution in [-0.2, 0) is 17.9 Å². The van der Waals surface area contributed by atoms with E-state index in [-0.39, 0.29) is 24.6 Å². The van der Waals surface area contributed by atoms with Crippen LogP contribution in [0.15, 0.2) is 17.2 Å². The minimum Gasteiger partial charge on any atom is -0.347 e. The van der Waals surface area contributed by atoms with E-state index in [2.05, 4.69) is 25.3 Å². The molecule has 0 bridgehead atoms. The van der Waals surface area contributed by atoms with Crippen molar-refractivity contribution >= 4 is 17.8 Å². The summed E-state index contributed by atoms with van der Waals surface area (Å²) in [5.74, 6) is 1.11. The highest BCUT2D eigenvalue weighted by Gasteiger charge is 2.11. The molecule has 0 aromatic carbocycles. The molecular formula is C15H22N8O2. The molecule has 0 saturated heterocycles. The molecule has 25 heavy (non-hydrogen) atoms. The lowest BCUT2D eigenvalue weighted by molar-refractivity contribution is -0.121. The predicted molar refractivity (Wildman–Crippen MR) is 93.6 cm³/mol. The molecule has 10 nitrogen and oxygen atoms in total. The Balaban J connectivity index is 2.07. The van der Waals surface area contributed by atoms with Crippen molar-refractivity contribution in [3.63, 3.8) is 0 Å². The van der Waals surface area contributed by atoms with E-state index in [1.165, 1.54) is 17.0 Å². The molecule has 0 unspecified atom stereocenters. The summed E-state index contributed by atoms with van der Waals surface area (Å²) in [6.07, 6.45) is 1.36. The van der Waals surface area contributed by atoms with Crippen LogP contribution in [0.5, 0.6) is 0 Å². The van der Waals surface area contributed by atoms with Crippen LogP contribution in [0, 0.1) is 6.92 Å². The van der Waals surface area contributed by atoms with Crippen LogP contribution in [0.2, 0.25) is 0 Å². The topological polar surface area (TPSA) is 109 Å². The molecular weight excluding hydrogens is 324 g/mol. The average molecular weight is 346 g/mol. The van der Waals surface area contributed by atoms with E-state index < -0.39 is 0 Å². The van der Waals surface area contributed by atoms with Crippen LogP contribution in [0.4, 0.5) is 11.9 Å². The molecule has 0 aliphatic rings. The van der Waals surface area contributed by atoms with Gasteiger partial charge in [-0.25, -0.2) is 4.98 Å². The molecule has 2 aromatic heterocycles. The Bertz CT molecular complexity index is 789. The van der Waals surface area contributed by atoms with Gasteiger partial charge in [-0.15, -0.1) is 0 Å². The van der Waals surface area contributed by atoms with Gasteiger partial charge in [-0.1, -0.05) is 0 Å². The number of aryl methyl sites for hydroxylation is 1. The maximum absolute atomic E-state index is 12.1. The molecule has 0 fully saturated rings. The van der Waals surface area contributed by atoms with E-state index >= 15 is 0 Å². The van der Waals surface area contributed by atoms with Crippen molar-refractivity contribution in [3.8, 4) is 0 Å². The predicted octanol–water partition coefficient (Wildman–Crippen LogP) is -0.815. The molecule has 2 heterocycles. The van der Waals surface area contributed by atoms with Crippen molar-refractivity contribution in [1.82, 2.24) is 29.8 Å². The fraction of sp³-hybridized carbons (Fsp3) is 0.467. The maximum Gasteiger partial charge on any atom is 0.253 e. The van der Waals surface area contributed by atoms with Gasteiger partial charge in [0, 0.05) is 40.0 Å².